The van der Waals surface area contributed by atoms with Crippen molar-refractivity contribution < 1.29 is 8.78 Å². The van der Waals surface area contributed by atoms with E-state index in [0.717, 1.165) is 0 Å². The van der Waals surface area contributed by atoms with Crippen molar-refractivity contribution in [3.05, 3.63) is 30.2 Å². The first-order valence-corrected chi connectivity index (χ1v) is 3.92. The summed E-state index contributed by atoms with van der Waals surface area (Å²) < 4.78 is 24.0. The van der Waals surface area contributed by atoms with Crippen molar-refractivity contribution in [1.82, 2.24) is 9.97 Å². The number of hydrogen-bond acceptors (Lipinski definition) is 2. The van der Waals surface area contributed by atoms with Gasteiger partial charge in [0.2, 0.25) is 0 Å². The Kier molecular flexibility index (Phi) is 3.62. The van der Waals surface area contributed by atoms with E-state index in [1.54, 1.807) is 0 Å². The molecule has 0 aliphatic heterocycles. The minimum Gasteiger partial charge on any atom is -0.351 e. The summed E-state index contributed by atoms with van der Waals surface area (Å²) in [5.74, 6) is 0. The molecule has 1 heterocycles. The van der Waals surface area contributed by atoms with Gasteiger partial charge in [-0.05, 0) is 11.0 Å². The van der Waals surface area contributed by atoms with E-state index in [9.17, 15) is 8.78 Å². The summed E-state index contributed by atoms with van der Waals surface area (Å²) in [6, 6.07) is 0. The standard InChI is InChI=1S/C6H4BrF2N2.Fm/c7-3-4-5(6(8)9)11-2-1-10-4;/h1-2H,3H2;/q-1;. The second-order valence-corrected chi connectivity index (χ2v) is 2.31. The van der Waals surface area contributed by atoms with Crippen LogP contribution in [0.3, 0.4) is 0 Å². The van der Waals surface area contributed by atoms with Gasteiger partial charge in [0.15, 0.2) is 0 Å². The smallest absolute Gasteiger partial charge is 0.134 e. The SMILES string of the molecule is F[C-](F)c1nccnc1CBr.[Fm]. The van der Waals surface area contributed by atoms with Crippen LogP contribution in [0, 0.1) is 6.43 Å². The second-order valence-electron chi connectivity index (χ2n) is 1.75. The van der Waals surface area contributed by atoms with Crippen molar-refractivity contribution in [3.63, 3.8) is 0 Å². The summed E-state index contributed by atoms with van der Waals surface area (Å²) >= 11 is 3.03. The molecule has 0 spiro atoms. The summed E-state index contributed by atoms with van der Waals surface area (Å²) in [4.78, 5) is 7.18. The summed E-state index contributed by atoms with van der Waals surface area (Å²) in [6.07, 6.45) is 0.816. The van der Waals surface area contributed by atoms with Crippen LogP contribution >= 0.6 is 15.9 Å². The molecule has 0 aliphatic rings. The molecule has 0 bridgehead atoms. The third-order valence-electron chi connectivity index (χ3n) is 1.08. The van der Waals surface area contributed by atoms with Gasteiger partial charge in [0.05, 0.1) is 0 Å². The van der Waals surface area contributed by atoms with E-state index < -0.39 is 6.43 Å². The average Bonchev–Trinajstić information content (AvgIpc) is 2.04. The Morgan fingerprint density at radius 3 is 2.33 bits per heavy atom. The fourth-order valence-electron chi connectivity index (χ4n) is 0.622. The summed E-state index contributed by atoms with van der Waals surface area (Å²) in [7, 11) is 0. The number of alkyl halides is 1. The van der Waals surface area contributed by atoms with Crippen LogP contribution in [0.5, 0.6) is 0 Å². The van der Waals surface area contributed by atoms with Gasteiger partial charge in [-0.25, -0.2) is 0 Å². The first-order valence-electron chi connectivity index (χ1n) is 2.80. The molecular formula is C6H4BrF2FmN2-. The van der Waals surface area contributed by atoms with Crippen molar-refractivity contribution in [2.75, 3.05) is 0 Å². The second kappa shape index (κ2) is 4.23. The van der Waals surface area contributed by atoms with Gasteiger partial charge in [-0.1, -0.05) is 5.69 Å². The van der Waals surface area contributed by atoms with Crippen LogP contribution in [0.4, 0.5) is 8.78 Å². The van der Waals surface area contributed by atoms with Crippen LogP contribution in [-0.2, 0) is 5.33 Å². The average molecular weight is 479 g/mol. The molecular weight excluding hydrogens is 475 g/mol. The molecule has 0 aliphatic carbocycles. The van der Waals surface area contributed by atoms with Gasteiger partial charge >= 0.3 is 0 Å². The number of nitrogens with zero attached hydrogens (tertiary/aromatic N) is 2. The van der Waals surface area contributed by atoms with E-state index in [1.165, 1.54) is 12.4 Å². The molecule has 0 saturated carbocycles. The molecule has 1 aromatic rings. The minimum atomic E-state index is -1.80. The normalized spacial score (nSPS) is 8.92. The Morgan fingerprint density at radius 2 is 1.92 bits per heavy atom. The van der Waals surface area contributed by atoms with Gasteiger partial charge in [0, 0.05) is 12.4 Å². The van der Waals surface area contributed by atoms with Crippen molar-refractivity contribution >= 4 is 15.9 Å². The fourth-order valence-corrected chi connectivity index (χ4v) is 1.03. The predicted molar refractivity (Wildman–Crippen MR) is 39.2 cm³/mol. The van der Waals surface area contributed by atoms with E-state index in [4.69, 9.17) is 0 Å². The van der Waals surface area contributed by atoms with Gasteiger partial charge in [-0.3, -0.25) is 13.8 Å². The molecule has 0 aromatic carbocycles. The third-order valence-corrected chi connectivity index (χ3v) is 1.61. The molecule has 1 rings (SSSR count). The first-order chi connectivity index (χ1) is 5.25. The predicted octanol–water partition coefficient (Wildman–Crippen LogP) is 2.15. The molecule has 0 amide bonds. The van der Waals surface area contributed by atoms with Crippen molar-refractivity contribution in [2.45, 2.75) is 5.33 Å². The minimum absolute atomic E-state index is 0. The number of aromatic nitrogens is 2. The monoisotopic (exact) mass is 478 g/mol. The maximum atomic E-state index is 12.0. The van der Waals surface area contributed by atoms with Crippen molar-refractivity contribution in [2.24, 2.45) is 0 Å². The Bertz CT molecular complexity index is 247. The summed E-state index contributed by atoms with van der Waals surface area (Å²) in [5.41, 5.74) is -0.0723. The van der Waals surface area contributed by atoms with Crippen LogP contribution in [0.15, 0.2) is 12.4 Å². The molecule has 1 aromatic heterocycles. The van der Waals surface area contributed by atoms with Gasteiger partial charge in [-0.2, -0.15) is 0 Å². The maximum Gasteiger partial charge on any atom is 0.134 e. The summed E-state index contributed by atoms with van der Waals surface area (Å²) in [6.45, 7) is 0. The van der Waals surface area contributed by atoms with Gasteiger partial charge in [-0.15, -0.1) is 15.9 Å². The van der Waals surface area contributed by atoms with E-state index in [0.29, 0.717) is 0 Å². The topological polar surface area (TPSA) is 25.8 Å². The van der Waals surface area contributed by atoms with E-state index in [1.807, 2.05) is 0 Å². The number of halogens is 3. The number of rotatable bonds is 2. The van der Waals surface area contributed by atoms with Gasteiger partial charge in [0.1, 0.15) is 6.43 Å². The van der Waals surface area contributed by atoms with Gasteiger partial charge in [0.25, 0.3) is 0 Å². The maximum absolute atomic E-state index is 12.0. The molecule has 0 unspecified atom stereocenters. The van der Waals surface area contributed by atoms with Crippen LogP contribution in [0.25, 0.3) is 0 Å². The third kappa shape index (κ3) is 1.88. The van der Waals surface area contributed by atoms with E-state index in [-0.39, 0.29) is 16.7 Å². The Hall–Kier alpha value is -1.71. The van der Waals surface area contributed by atoms with E-state index >= 15 is 0 Å². The van der Waals surface area contributed by atoms with Crippen molar-refractivity contribution in [1.29, 1.82) is 0 Å². The molecule has 2 nitrogen and oxygen atoms in total. The van der Waals surface area contributed by atoms with Crippen molar-refractivity contribution in [3.8, 4) is 0 Å². The molecule has 6 heteroatoms. The fraction of sp³-hybridized carbons (Fsp3) is 0.167. The Balaban J connectivity index is 0.00000121. The molecule has 72 valence electrons. The first kappa shape index (κ1) is 10.3. The molecule has 0 atom stereocenters. The van der Waals surface area contributed by atoms with Crippen LogP contribution in [0.2, 0.25) is 0 Å². The molecule has 0 N–H and O–H groups in total. The molecule has 0 radical (unpaired) electrons. The zero-order valence-corrected chi connectivity index (χ0v) is 9.67. The van der Waals surface area contributed by atoms with Crippen LogP contribution < -0.4 is 0 Å². The van der Waals surface area contributed by atoms with Gasteiger partial charge < -0.3 is 4.98 Å². The summed E-state index contributed by atoms with van der Waals surface area (Å²) in [5, 5.41) is 0.285. The van der Waals surface area contributed by atoms with Crippen LogP contribution in [-0.4, -0.2) is 9.97 Å². The number of hydrogen-bond donors (Lipinski definition) is 0. The molecule has 0 fully saturated rings. The molecule has 0 saturated heterocycles. The zero-order chi connectivity index (χ0) is 8.27. The Morgan fingerprint density at radius 1 is 1.33 bits per heavy atom. The Labute approximate surface area is 70.8 Å². The quantitative estimate of drug-likeness (QED) is 0.481. The van der Waals surface area contributed by atoms with E-state index in [2.05, 4.69) is 25.9 Å². The largest absolute Gasteiger partial charge is 0.351 e. The molecule has 12 heavy (non-hydrogen) atoms. The zero-order valence-electron chi connectivity index (χ0n) is 5.68. The van der Waals surface area contributed by atoms with Crippen LogP contribution in [0.1, 0.15) is 11.4 Å².